The van der Waals surface area contributed by atoms with Crippen molar-refractivity contribution < 1.29 is 4.79 Å². The lowest BCUT2D eigenvalue weighted by Gasteiger charge is -2.19. The Balaban J connectivity index is 2.55. The number of carbonyl (C=O) groups excluding carboxylic acids is 1. The summed E-state index contributed by atoms with van der Waals surface area (Å²) in [5.74, 6) is 0. The van der Waals surface area contributed by atoms with Crippen LogP contribution in [0, 0.1) is 11.3 Å². The largest absolute Gasteiger partial charge is 0.334 e. The van der Waals surface area contributed by atoms with E-state index >= 15 is 0 Å². The second-order valence-electron chi connectivity index (χ2n) is 3.64. The molecule has 2 amide bonds. The van der Waals surface area contributed by atoms with Gasteiger partial charge in [0.05, 0.1) is 11.6 Å². The summed E-state index contributed by atoms with van der Waals surface area (Å²) in [5, 5.41) is 11.6. The van der Waals surface area contributed by atoms with E-state index in [1.807, 2.05) is 26.0 Å². The molecule has 4 heteroatoms. The quantitative estimate of drug-likeness (QED) is 0.862. The normalized spacial score (nSPS) is 9.47. The summed E-state index contributed by atoms with van der Waals surface area (Å²) in [6.45, 7) is 5.73. The molecule has 0 bridgehead atoms. The lowest BCUT2D eigenvalue weighted by molar-refractivity contribution is 0.203. The average Bonchev–Trinajstić information content (AvgIpc) is 2.38. The van der Waals surface area contributed by atoms with Crippen LogP contribution in [-0.2, 0) is 6.54 Å². The third-order valence-corrected chi connectivity index (χ3v) is 2.55. The molecule has 0 aliphatic carbocycles. The standard InChI is InChI=1S/C13H17N3O/c1-3-16(4-2)13(17)15-10-12-7-5-6-11(8-12)9-14/h5-8H,3-4,10H2,1-2H3,(H,15,17). The van der Waals surface area contributed by atoms with E-state index < -0.39 is 0 Å². The Bertz CT molecular complexity index is 419. The van der Waals surface area contributed by atoms with Crippen molar-refractivity contribution in [3.63, 3.8) is 0 Å². The molecule has 90 valence electrons. The first-order chi connectivity index (χ1) is 8.21. The zero-order valence-electron chi connectivity index (χ0n) is 10.2. The van der Waals surface area contributed by atoms with Crippen molar-refractivity contribution in [3.8, 4) is 6.07 Å². The lowest BCUT2D eigenvalue weighted by Crippen LogP contribution is -2.39. The van der Waals surface area contributed by atoms with E-state index in [-0.39, 0.29) is 6.03 Å². The molecule has 0 saturated heterocycles. The minimum absolute atomic E-state index is 0.0719. The van der Waals surface area contributed by atoms with Crippen LogP contribution in [0.2, 0.25) is 0 Å². The molecule has 1 rings (SSSR count). The summed E-state index contributed by atoms with van der Waals surface area (Å²) in [6, 6.07) is 9.24. The van der Waals surface area contributed by atoms with E-state index in [9.17, 15) is 4.79 Å². The van der Waals surface area contributed by atoms with Gasteiger partial charge in [-0.15, -0.1) is 0 Å². The highest BCUT2D eigenvalue weighted by Crippen LogP contribution is 2.03. The van der Waals surface area contributed by atoms with Gasteiger partial charge in [-0.2, -0.15) is 5.26 Å². The number of nitrogens with zero attached hydrogens (tertiary/aromatic N) is 2. The van der Waals surface area contributed by atoms with Gasteiger partial charge in [-0.05, 0) is 31.5 Å². The van der Waals surface area contributed by atoms with Crippen molar-refractivity contribution in [1.29, 1.82) is 5.26 Å². The lowest BCUT2D eigenvalue weighted by atomic mass is 10.1. The number of hydrogen-bond acceptors (Lipinski definition) is 2. The third kappa shape index (κ3) is 3.80. The smallest absolute Gasteiger partial charge is 0.317 e. The Kier molecular flexibility index (Phi) is 5.02. The highest BCUT2D eigenvalue weighted by atomic mass is 16.2. The van der Waals surface area contributed by atoms with Crippen LogP contribution in [0.3, 0.4) is 0 Å². The highest BCUT2D eigenvalue weighted by molar-refractivity contribution is 5.74. The van der Waals surface area contributed by atoms with Gasteiger partial charge in [0.25, 0.3) is 0 Å². The van der Waals surface area contributed by atoms with E-state index in [1.165, 1.54) is 0 Å². The zero-order chi connectivity index (χ0) is 12.7. The number of hydrogen-bond donors (Lipinski definition) is 1. The molecule has 0 unspecified atom stereocenters. The second kappa shape index (κ2) is 6.54. The van der Waals surface area contributed by atoms with Gasteiger partial charge >= 0.3 is 6.03 Å². The van der Waals surface area contributed by atoms with Gasteiger partial charge in [-0.1, -0.05) is 12.1 Å². The van der Waals surface area contributed by atoms with Crippen molar-refractivity contribution in [1.82, 2.24) is 10.2 Å². The molecule has 4 nitrogen and oxygen atoms in total. The summed E-state index contributed by atoms with van der Waals surface area (Å²) in [5.41, 5.74) is 1.55. The second-order valence-corrected chi connectivity index (χ2v) is 3.64. The summed E-state index contributed by atoms with van der Waals surface area (Å²) < 4.78 is 0. The predicted molar refractivity (Wildman–Crippen MR) is 66.3 cm³/mol. The number of urea groups is 1. The molecule has 0 aliphatic rings. The van der Waals surface area contributed by atoms with Crippen LogP contribution in [0.25, 0.3) is 0 Å². The van der Waals surface area contributed by atoms with Crippen molar-refractivity contribution in [2.75, 3.05) is 13.1 Å². The first kappa shape index (κ1) is 13.0. The molecule has 1 aromatic carbocycles. The van der Waals surface area contributed by atoms with Gasteiger partial charge in [-0.25, -0.2) is 4.79 Å². The van der Waals surface area contributed by atoms with Crippen molar-refractivity contribution in [2.45, 2.75) is 20.4 Å². The topological polar surface area (TPSA) is 56.1 Å². The van der Waals surface area contributed by atoms with Crippen LogP contribution >= 0.6 is 0 Å². The van der Waals surface area contributed by atoms with Gasteiger partial charge in [0.1, 0.15) is 0 Å². The average molecular weight is 231 g/mol. The highest BCUT2D eigenvalue weighted by Gasteiger charge is 2.07. The SMILES string of the molecule is CCN(CC)C(=O)NCc1cccc(C#N)c1. The van der Waals surface area contributed by atoms with Crippen LogP contribution in [-0.4, -0.2) is 24.0 Å². The monoisotopic (exact) mass is 231 g/mol. The minimum Gasteiger partial charge on any atom is -0.334 e. The summed E-state index contributed by atoms with van der Waals surface area (Å²) >= 11 is 0. The number of carbonyl (C=O) groups is 1. The minimum atomic E-state index is -0.0719. The molecule has 0 heterocycles. The van der Waals surface area contributed by atoms with Crippen molar-refractivity contribution in [3.05, 3.63) is 35.4 Å². The van der Waals surface area contributed by atoms with E-state index in [0.29, 0.717) is 25.2 Å². The maximum absolute atomic E-state index is 11.7. The molecule has 0 fully saturated rings. The van der Waals surface area contributed by atoms with E-state index in [2.05, 4.69) is 11.4 Å². The molecule has 0 radical (unpaired) electrons. The Hall–Kier alpha value is -2.02. The molecule has 0 aromatic heterocycles. The predicted octanol–water partition coefficient (Wildman–Crippen LogP) is 2.11. The molecule has 0 spiro atoms. The van der Waals surface area contributed by atoms with E-state index in [0.717, 1.165) is 5.56 Å². The molecule has 1 N–H and O–H groups in total. The van der Waals surface area contributed by atoms with Gasteiger partial charge in [0.15, 0.2) is 0 Å². The fraction of sp³-hybridized carbons (Fsp3) is 0.385. The van der Waals surface area contributed by atoms with Crippen LogP contribution < -0.4 is 5.32 Å². The Morgan fingerprint density at radius 1 is 1.41 bits per heavy atom. The van der Waals surface area contributed by atoms with Crippen LogP contribution in [0.15, 0.2) is 24.3 Å². The number of nitrogens with one attached hydrogen (secondary N) is 1. The van der Waals surface area contributed by atoms with Gasteiger partial charge in [0.2, 0.25) is 0 Å². The van der Waals surface area contributed by atoms with Crippen molar-refractivity contribution >= 4 is 6.03 Å². The molecule has 0 saturated carbocycles. The Morgan fingerprint density at radius 2 is 2.12 bits per heavy atom. The molecule has 0 aliphatic heterocycles. The van der Waals surface area contributed by atoms with Crippen LogP contribution in [0.4, 0.5) is 4.79 Å². The molecule has 1 aromatic rings. The fourth-order valence-corrected chi connectivity index (χ4v) is 1.55. The first-order valence-electron chi connectivity index (χ1n) is 5.73. The first-order valence-corrected chi connectivity index (χ1v) is 5.73. The summed E-state index contributed by atoms with van der Waals surface area (Å²) in [7, 11) is 0. The summed E-state index contributed by atoms with van der Waals surface area (Å²) in [6.07, 6.45) is 0. The van der Waals surface area contributed by atoms with Gasteiger partial charge in [0, 0.05) is 19.6 Å². The number of rotatable bonds is 4. The Labute approximate surface area is 102 Å². The van der Waals surface area contributed by atoms with Gasteiger partial charge < -0.3 is 10.2 Å². The van der Waals surface area contributed by atoms with Crippen LogP contribution in [0.1, 0.15) is 25.0 Å². The van der Waals surface area contributed by atoms with E-state index in [1.54, 1.807) is 17.0 Å². The number of amides is 2. The Morgan fingerprint density at radius 3 is 2.71 bits per heavy atom. The number of nitriles is 1. The molecule has 0 atom stereocenters. The third-order valence-electron chi connectivity index (χ3n) is 2.55. The molecule has 17 heavy (non-hydrogen) atoms. The maximum Gasteiger partial charge on any atom is 0.317 e. The maximum atomic E-state index is 11.7. The van der Waals surface area contributed by atoms with E-state index in [4.69, 9.17) is 5.26 Å². The summed E-state index contributed by atoms with van der Waals surface area (Å²) in [4.78, 5) is 13.4. The van der Waals surface area contributed by atoms with Crippen molar-refractivity contribution in [2.24, 2.45) is 0 Å². The number of benzene rings is 1. The molecular weight excluding hydrogens is 214 g/mol. The molecular formula is C13H17N3O. The zero-order valence-corrected chi connectivity index (χ0v) is 10.2. The van der Waals surface area contributed by atoms with Gasteiger partial charge in [-0.3, -0.25) is 0 Å². The fourth-order valence-electron chi connectivity index (χ4n) is 1.55. The van der Waals surface area contributed by atoms with Crippen LogP contribution in [0.5, 0.6) is 0 Å².